The zero-order valence-corrected chi connectivity index (χ0v) is 6.80. The van der Waals surface area contributed by atoms with E-state index < -0.39 is 5.95 Å². The Kier molecular flexibility index (Phi) is 2.38. The van der Waals surface area contributed by atoms with Gasteiger partial charge in [-0.25, -0.2) is 4.98 Å². The van der Waals surface area contributed by atoms with Crippen LogP contribution in [0.25, 0.3) is 0 Å². The maximum Gasteiger partial charge on any atom is 0.255 e. The van der Waals surface area contributed by atoms with E-state index in [0.29, 0.717) is 0 Å². The molecule has 0 spiro atoms. The molecule has 0 saturated heterocycles. The van der Waals surface area contributed by atoms with Gasteiger partial charge in [-0.1, -0.05) is 0 Å². The van der Waals surface area contributed by atoms with Crippen LogP contribution in [0.15, 0.2) is 12.3 Å². The lowest BCUT2D eigenvalue weighted by atomic mass is 10.2. The lowest BCUT2D eigenvalue weighted by Crippen LogP contribution is -2.01. The molecule has 0 fully saturated rings. The molecule has 1 aromatic rings. The maximum absolute atomic E-state index is 12.8. The van der Waals surface area contributed by atoms with E-state index in [1.165, 1.54) is 26.3 Å². The highest BCUT2D eigenvalue weighted by atomic mass is 19.1. The van der Waals surface area contributed by atoms with Gasteiger partial charge in [-0.3, -0.25) is 4.79 Å². The number of ether oxygens (including phenoxy) is 1. The van der Waals surface area contributed by atoms with Crippen LogP contribution in [0.3, 0.4) is 0 Å². The van der Waals surface area contributed by atoms with Gasteiger partial charge >= 0.3 is 0 Å². The molecule has 0 amide bonds. The Hall–Kier alpha value is -1.45. The van der Waals surface area contributed by atoms with Gasteiger partial charge in [0.1, 0.15) is 0 Å². The van der Waals surface area contributed by atoms with Crippen molar-refractivity contribution in [2.24, 2.45) is 0 Å². The fourth-order valence-electron chi connectivity index (χ4n) is 0.894. The molecule has 4 heteroatoms. The van der Waals surface area contributed by atoms with Crippen molar-refractivity contribution in [3.8, 4) is 5.75 Å². The van der Waals surface area contributed by atoms with Crippen LogP contribution in [0.1, 0.15) is 17.3 Å². The van der Waals surface area contributed by atoms with Crippen molar-refractivity contribution in [1.82, 2.24) is 4.98 Å². The monoisotopic (exact) mass is 169 g/mol. The molecular weight excluding hydrogens is 161 g/mol. The Morgan fingerprint density at radius 2 is 2.33 bits per heavy atom. The first-order valence-corrected chi connectivity index (χ1v) is 3.36. The molecule has 12 heavy (non-hydrogen) atoms. The largest absolute Gasteiger partial charge is 0.491 e. The normalized spacial score (nSPS) is 9.58. The standard InChI is InChI=1S/C8H8FNO2/c1-5(11)6-3-4-10-8(9)7(6)12-2/h3-4H,1-2H3. The molecule has 0 N–H and O–H groups in total. The Balaban J connectivity index is 3.27. The summed E-state index contributed by atoms with van der Waals surface area (Å²) in [5, 5.41) is 0. The summed E-state index contributed by atoms with van der Waals surface area (Å²) in [4.78, 5) is 14.3. The van der Waals surface area contributed by atoms with Gasteiger partial charge in [-0.2, -0.15) is 4.39 Å². The van der Waals surface area contributed by atoms with Crippen molar-refractivity contribution < 1.29 is 13.9 Å². The average molecular weight is 169 g/mol. The Bertz CT molecular complexity index is 312. The van der Waals surface area contributed by atoms with Crippen LogP contribution in [0.4, 0.5) is 4.39 Å². The lowest BCUT2D eigenvalue weighted by Gasteiger charge is -2.04. The highest BCUT2D eigenvalue weighted by molar-refractivity contribution is 5.96. The Labute approximate surface area is 69.2 Å². The molecule has 64 valence electrons. The smallest absolute Gasteiger partial charge is 0.255 e. The molecule has 1 rings (SSSR count). The first kappa shape index (κ1) is 8.64. The number of carbonyl (C=O) groups excluding carboxylic acids is 1. The van der Waals surface area contributed by atoms with Crippen LogP contribution >= 0.6 is 0 Å². The van der Waals surface area contributed by atoms with Gasteiger partial charge in [0.15, 0.2) is 11.5 Å². The SMILES string of the molecule is COc1c(C(C)=O)ccnc1F. The number of carbonyl (C=O) groups is 1. The van der Waals surface area contributed by atoms with Gasteiger partial charge in [-0.05, 0) is 13.0 Å². The summed E-state index contributed by atoms with van der Waals surface area (Å²) in [6, 6.07) is 1.42. The summed E-state index contributed by atoms with van der Waals surface area (Å²) < 4.78 is 17.5. The highest BCUT2D eigenvalue weighted by Crippen LogP contribution is 2.20. The molecule has 0 aliphatic carbocycles. The molecule has 0 aromatic carbocycles. The molecular formula is C8H8FNO2. The molecule has 1 heterocycles. The third-order valence-electron chi connectivity index (χ3n) is 1.44. The molecule has 0 aliphatic heterocycles. The van der Waals surface area contributed by atoms with E-state index in [2.05, 4.69) is 9.72 Å². The summed E-state index contributed by atoms with van der Waals surface area (Å²) in [7, 11) is 1.30. The first-order valence-electron chi connectivity index (χ1n) is 3.36. The lowest BCUT2D eigenvalue weighted by molar-refractivity contribution is 0.101. The van der Waals surface area contributed by atoms with E-state index in [0.717, 1.165) is 0 Å². The number of aromatic nitrogens is 1. The number of hydrogen-bond acceptors (Lipinski definition) is 3. The predicted molar refractivity (Wildman–Crippen MR) is 40.8 cm³/mol. The number of pyridine rings is 1. The molecule has 0 saturated carbocycles. The van der Waals surface area contributed by atoms with E-state index in [1.807, 2.05) is 0 Å². The summed E-state index contributed by atoms with van der Waals surface area (Å²) in [5.74, 6) is -1.09. The zero-order chi connectivity index (χ0) is 9.14. The van der Waals surface area contributed by atoms with Gasteiger partial charge < -0.3 is 4.74 Å². The first-order chi connectivity index (χ1) is 5.66. The minimum Gasteiger partial charge on any atom is -0.491 e. The molecule has 0 aliphatic rings. The molecule has 0 radical (unpaired) electrons. The van der Waals surface area contributed by atoms with Crippen molar-refractivity contribution in [3.63, 3.8) is 0 Å². The maximum atomic E-state index is 12.8. The van der Waals surface area contributed by atoms with Gasteiger partial charge in [-0.15, -0.1) is 0 Å². The number of ketones is 1. The second-order valence-corrected chi connectivity index (χ2v) is 2.24. The van der Waals surface area contributed by atoms with Gasteiger partial charge in [0.2, 0.25) is 0 Å². The summed E-state index contributed by atoms with van der Waals surface area (Å²) in [6.45, 7) is 1.34. The van der Waals surface area contributed by atoms with E-state index >= 15 is 0 Å². The molecule has 1 aromatic heterocycles. The second-order valence-electron chi connectivity index (χ2n) is 2.24. The van der Waals surface area contributed by atoms with Crippen molar-refractivity contribution in [2.75, 3.05) is 7.11 Å². The van der Waals surface area contributed by atoms with Crippen LogP contribution in [-0.4, -0.2) is 17.9 Å². The number of nitrogens with zero attached hydrogens (tertiary/aromatic N) is 1. The van der Waals surface area contributed by atoms with Gasteiger partial charge in [0.25, 0.3) is 5.95 Å². The van der Waals surface area contributed by atoms with Crippen molar-refractivity contribution in [1.29, 1.82) is 0 Å². The number of hydrogen-bond donors (Lipinski definition) is 0. The van der Waals surface area contributed by atoms with E-state index in [9.17, 15) is 9.18 Å². The third kappa shape index (κ3) is 1.42. The molecule has 3 nitrogen and oxygen atoms in total. The van der Waals surface area contributed by atoms with E-state index in [-0.39, 0.29) is 17.1 Å². The van der Waals surface area contributed by atoms with Gasteiger partial charge in [0, 0.05) is 6.20 Å². The topological polar surface area (TPSA) is 39.2 Å². The number of methoxy groups -OCH3 is 1. The summed E-state index contributed by atoms with van der Waals surface area (Å²) in [5.41, 5.74) is 0.213. The quantitative estimate of drug-likeness (QED) is 0.496. The number of rotatable bonds is 2. The minimum absolute atomic E-state index is 0.0926. The summed E-state index contributed by atoms with van der Waals surface area (Å²) in [6.07, 6.45) is 1.23. The second kappa shape index (κ2) is 3.30. The zero-order valence-electron chi connectivity index (χ0n) is 6.80. The fraction of sp³-hybridized carbons (Fsp3) is 0.250. The molecule has 0 bridgehead atoms. The predicted octanol–water partition coefficient (Wildman–Crippen LogP) is 1.43. The van der Waals surface area contributed by atoms with Crippen LogP contribution < -0.4 is 4.74 Å². The van der Waals surface area contributed by atoms with Gasteiger partial charge in [0.05, 0.1) is 12.7 Å². The van der Waals surface area contributed by atoms with E-state index in [1.54, 1.807) is 0 Å². The molecule has 0 atom stereocenters. The Morgan fingerprint density at radius 3 is 2.75 bits per heavy atom. The van der Waals surface area contributed by atoms with Crippen LogP contribution in [-0.2, 0) is 0 Å². The highest BCUT2D eigenvalue weighted by Gasteiger charge is 2.12. The minimum atomic E-state index is -0.759. The third-order valence-corrected chi connectivity index (χ3v) is 1.44. The number of Topliss-reactive ketones (excluding diaryl/α,β-unsaturated/α-hetero) is 1. The van der Waals surface area contributed by atoms with Crippen molar-refractivity contribution in [3.05, 3.63) is 23.8 Å². The van der Waals surface area contributed by atoms with Crippen LogP contribution in [0, 0.1) is 5.95 Å². The molecule has 0 unspecified atom stereocenters. The van der Waals surface area contributed by atoms with Crippen LogP contribution in [0.5, 0.6) is 5.75 Å². The van der Waals surface area contributed by atoms with Crippen LogP contribution in [0.2, 0.25) is 0 Å². The summed E-state index contributed by atoms with van der Waals surface area (Å²) >= 11 is 0. The number of halogens is 1. The van der Waals surface area contributed by atoms with Crippen molar-refractivity contribution in [2.45, 2.75) is 6.92 Å². The van der Waals surface area contributed by atoms with Crippen molar-refractivity contribution >= 4 is 5.78 Å². The van der Waals surface area contributed by atoms with E-state index in [4.69, 9.17) is 0 Å². The Morgan fingerprint density at radius 1 is 1.67 bits per heavy atom. The average Bonchev–Trinajstić information content (AvgIpc) is 2.03. The fourth-order valence-corrected chi connectivity index (χ4v) is 0.894.